The van der Waals surface area contributed by atoms with Crippen molar-refractivity contribution in [2.45, 2.75) is 136 Å². The van der Waals surface area contributed by atoms with Gasteiger partial charge in [-0.05, 0) is 97.8 Å². The Labute approximate surface area is 244 Å². The number of likely N-dealkylation sites (tertiary alicyclic amines) is 2. The average Bonchev–Trinajstić information content (AvgIpc) is 3.51. The molecule has 2 bridgehead atoms. The third-order valence-electron chi connectivity index (χ3n) is 9.98. The molecule has 0 aromatic carbocycles. The van der Waals surface area contributed by atoms with Gasteiger partial charge in [0.2, 0.25) is 11.8 Å². The highest BCUT2D eigenvalue weighted by Crippen LogP contribution is 2.66. The number of ether oxygens (including phenoxy) is 2. The molecule has 6 aliphatic rings. The van der Waals surface area contributed by atoms with E-state index in [0.717, 1.165) is 24.2 Å². The van der Waals surface area contributed by atoms with E-state index >= 15 is 0 Å². The number of esters is 1. The lowest BCUT2D eigenvalue weighted by molar-refractivity contribution is -0.199. The van der Waals surface area contributed by atoms with E-state index in [2.05, 4.69) is 20.8 Å². The quantitative estimate of drug-likeness (QED) is 0.364. The van der Waals surface area contributed by atoms with E-state index in [0.29, 0.717) is 24.8 Å². The van der Waals surface area contributed by atoms with Crippen LogP contribution in [0.2, 0.25) is 0 Å². The molecule has 0 aromatic heterocycles. The van der Waals surface area contributed by atoms with E-state index < -0.39 is 53.9 Å². The number of amides is 3. The maximum absolute atomic E-state index is 14.2. The fourth-order valence-corrected chi connectivity index (χ4v) is 7.92. The number of carbonyl (C=O) groups is 4. The number of hydrogen-bond donors (Lipinski definition) is 0. The smallest absolute Gasteiger partial charge is 0.460 e. The molecule has 3 aliphatic heterocycles. The van der Waals surface area contributed by atoms with Crippen LogP contribution in [0.1, 0.15) is 101 Å². The van der Waals surface area contributed by atoms with E-state index in [-0.39, 0.29) is 36.2 Å². The van der Waals surface area contributed by atoms with Crippen LogP contribution in [0.15, 0.2) is 0 Å². The monoisotopic (exact) mass is 574 g/mol. The zero-order valence-electron chi connectivity index (χ0n) is 26.2. The summed E-state index contributed by atoms with van der Waals surface area (Å²) < 4.78 is 24.2. The molecule has 0 N–H and O–H groups in total. The lowest BCUT2D eigenvalue weighted by atomic mass is 9.43. The molecule has 0 radical (unpaired) electrons. The van der Waals surface area contributed by atoms with Gasteiger partial charge in [0.15, 0.2) is 0 Å². The lowest BCUT2D eigenvalue weighted by Gasteiger charge is -2.64. The summed E-state index contributed by atoms with van der Waals surface area (Å²) in [7, 11) is -0.559. The predicted octanol–water partition coefficient (Wildman–Crippen LogP) is 4.13. The topological polar surface area (TPSA) is 112 Å². The van der Waals surface area contributed by atoms with Crippen LogP contribution in [0.5, 0.6) is 0 Å². The summed E-state index contributed by atoms with van der Waals surface area (Å²) in [5.41, 5.74) is -1.77. The van der Waals surface area contributed by atoms with Gasteiger partial charge in [-0.15, -0.1) is 0 Å². The third kappa shape index (κ3) is 5.41. The minimum absolute atomic E-state index is 0.00800. The minimum Gasteiger partial charge on any atom is -0.460 e. The molecule has 3 amide bonds. The molecule has 0 spiro atoms. The zero-order chi connectivity index (χ0) is 30.3. The normalized spacial score (nSPS) is 36.2. The Morgan fingerprint density at radius 3 is 2.27 bits per heavy atom. The Morgan fingerprint density at radius 2 is 1.66 bits per heavy atom. The van der Waals surface area contributed by atoms with E-state index in [9.17, 15) is 19.2 Å². The molecule has 3 aliphatic carbocycles. The fraction of sp³-hybridized carbons (Fsp3) is 0.867. The van der Waals surface area contributed by atoms with Gasteiger partial charge in [-0.25, -0.2) is 9.69 Å². The third-order valence-corrected chi connectivity index (χ3v) is 9.98. The largest absolute Gasteiger partial charge is 0.481 e. The molecule has 0 unspecified atom stereocenters. The Hall–Kier alpha value is -2.14. The van der Waals surface area contributed by atoms with Crippen LogP contribution in [0.3, 0.4) is 0 Å². The van der Waals surface area contributed by atoms with Gasteiger partial charge in [0, 0.05) is 6.54 Å². The first-order valence-corrected chi connectivity index (χ1v) is 15.2. The molecule has 3 saturated heterocycles. The van der Waals surface area contributed by atoms with Crippen LogP contribution in [-0.4, -0.2) is 82.2 Å². The summed E-state index contributed by atoms with van der Waals surface area (Å²) in [5.74, 6) is -1.63. The molecule has 6 fully saturated rings. The molecule has 3 saturated carbocycles. The summed E-state index contributed by atoms with van der Waals surface area (Å²) >= 11 is 0. The lowest BCUT2D eigenvalue weighted by Crippen LogP contribution is -2.65. The van der Waals surface area contributed by atoms with Gasteiger partial charge in [-0.2, -0.15) is 0 Å². The average molecular weight is 575 g/mol. The molecular weight excluding hydrogens is 527 g/mol. The first-order valence-electron chi connectivity index (χ1n) is 15.2. The van der Waals surface area contributed by atoms with Crippen molar-refractivity contribution in [2.75, 3.05) is 6.54 Å². The Balaban J connectivity index is 1.35. The minimum atomic E-state index is -1.07. The molecule has 0 aromatic rings. The summed E-state index contributed by atoms with van der Waals surface area (Å²) in [5, 5.41) is 0. The number of imide groups is 1. The standard InChI is InChI=1S/C30H47BN2O8/c1-27(2,3)38-23(34)14-17-13-19(33(24(17)35)26(37)39-28(4,5)6)25(36)32-12-10-11-22(32)31-40-21-16-18-15-20(29(18,7)8)30(21,9)41-31/h17-22H,10-16H2,1-9H3/t17-,18-,19-,20-,21+,22-,30-/m0/s1. The van der Waals surface area contributed by atoms with E-state index in [4.69, 9.17) is 18.8 Å². The van der Waals surface area contributed by atoms with Crippen molar-refractivity contribution in [2.24, 2.45) is 23.2 Å². The molecule has 10 nitrogen and oxygen atoms in total. The fourth-order valence-electron chi connectivity index (χ4n) is 7.92. The second kappa shape index (κ2) is 9.96. The summed E-state index contributed by atoms with van der Waals surface area (Å²) in [6, 6.07) is -1.07. The van der Waals surface area contributed by atoms with Gasteiger partial charge in [-0.3, -0.25) is 14.4 Å². The summed E-state index contributed by atoms with van der Waals surface area (Å²) in [4.78, 5) is 56.2. The van der Waals surface area contributed by atoms with Crippen molar-refractivity contribution in [1.82, 2.24) is 9.80 Å². The SMILES string of the molecule is CC(C)(C)OC(=O)C[C@@H]1C[C@@H](C(=O)N2CCC[C@H]2B2O[C@@H]3C[C@@H]4C[C@@H](C4(C)C)[C@]3(C)O2)N(C(=O)OC(C)(C)C)C1=O. The molecule has 11 heteroatoms. The van der Waals surface area contributed by atoms with E-state index in [1.807, 2.05) is 0 Å². The highest BCUT2D eigenvalue weighted by atomic mass is 16.7. The van der Waals surface area contributed by atoms with Crippen molar-refractivity contribution in [3.63, 3.8) is 0 Å². The van der Waals surface area contributed by atoms with Gasteiger partial charge in [0.1, 0.15) is 17.2 Å². The van der Waals surface area contributed by atoms with E-state index in [1.54, 1.807) is 46.4 Å². The zero-order valence-corrected chi connectivity index (χ0v) is 26.2. The number of hydrogen-bond acceptors (Lipinski definition) is 8. The molecule has 228 valence electrons. The van der Waals surface area contributed by atoms with Crippen LogP contribution in [0.25, 0.3) is 0 Å². The van der Waals surface area contributed by atoms with E-state index in [1.165, 1.54) is 0 Å². The van der Waals surface area contributed by atoms with Gasteiger partial charge < -0.3 is 23.7 Å². The van der Waals surface area contributed by atoms with Crippen LogP contribution < -0.4 is 0 Å². The van der Waals surface area contributed by atoms with Crippen LogP contribution in [-0.2, 0) is 33.2 Å². The Morgan fingerprint density at radius 1 is 1.00 bits per heavy atom. The van der Waals surface area contributed by atoms with Crippen molar-refractivity contribution >= 4 is 31.0 Å². The van der Waals surface area contributed by atoms with Gasteiger partial charge >= 0.3 is 19.2 Å². The highest BCUT2D eigenvalue weighted by Gasteiger charge is 2.69. The Bertz CT molecular complexity index is 1110. The maximum Gasteiger partial charge on any atom is 0.481 e. The van der Waals surface area contributed by atoms with Crippen LogP contribution in [0.4, 0.5) is 4.79 Å². The summed E-state index contributed by atoms with van der Waals surface area (Å²) in [6.45, 7) is 17.6. The maximum atomic E-state index is 14.2. The second-order valence-corrected chi connectivity index (χ2v) is 15.5. The number of carbonyl (C=O) groups excluding carboxylic acids is 4. The first-order chi connectivity index (χ1) is 18.8. The molecule has 6 rings (SSSR count). The van der Waals surface area contributed by atoms with Crippen molar-refractivity contribution in [1.29, 1.82) is 0 Å². The second-order valence-electron chi connectivity index (χ2n) is 15.5. The van der Waals surface area contributed by atoms with Gasteiger partial charge in [0.05, 0.1) is 30.0 Å². The Kier molecular flexibility index (Phi) is 7.37. The number of rotatable bonds is 4. The molecular formula is C30H47BN2O8. The molecule has 41 heavy (non-hydrogen) atoms. The van der Waals surface area contributed by atoms with Crippen molar-refractivity contribution < 1.29 is 38.0 Å². The van der Waals surface area contributed by atoms with Crippen molar-refractivity contribution in [3.8, 4) is 0 Å². The first kappa shape index (κ1) is 30.3. The van der Waals surface area contributed by atoms with Gasteiger partial charge in [0.25, 0.3) is 0 Å². The van der Waals surface area contributed by atoms with Crippen LogP contribution in [0, 0.1) is 23.2 Å². The predicted molar refractivity (Wildman–Crippen MR) is 150 cm³/mol. The summed E-state index contributed by atoms with van der Waals surface area (Å²) in [6.07, 6.45) is 2.51. The molecule has 7 atom stereocenters. The van der Waals surface area contributed by atoms with Crippen LogP contribution >= 0.6 is 0 Å². The number of nitrogens with zero attached hydrogens (tertiary/aromatic N) is 2. The van der Waals surface area contributed by atoms with Crippen molar-refractivity contribution in [3.05, 3.63) is 0 Å². The highest BCUT2D eigenvalue weighted by molar-refractivity contribution is 6.48. The van der Waals surface area contributed by atoms with Gasteiger partial charge in [-0.1, -0.05) is 13.8 Å². The molecule has 3 heterocycles.